The van der Waals surface area contributed by atoms with Gasteiger partial charge in [0.15, 0.2) is 0 Å². The Morgan fingerprint density at radius 1 is 1.05 bits per heavy atom. The van der Waals surface area contributed by atoms with Crippen molar-refractivity contribution < 1.29 is 4.74 Å². The van der Waals surface area contributed by atoms with Gasteiger partial charge < -0.3 is 4.74 Å². The molecule has 100 valence electrons. The second kappa shape index (κ2) is 5.43. The van der Waals surface area contributed by atoms with Gasteiger partial charge in [-0.15, -0.1) is 0 Å². The molecule has 2 nitrogen and oxygen atoms in total. The molecule has 0 atom stereocenters. The molecule has 0 amide bonds. The van der Waals surface area contributed by atoms with Gasteiger partial charge >= 0.3 is 0 Å². The highest BCUT2D eigenvalue weighted by Gasteiger charge is 2.13. The van der Waals surface area contributed by atoms with Gasteiger partial charge in [-0.05, 0) is 41.7 Å². The average molecular weight is 255 g/mol. The Hall–Kier alpha value is -1.83. The fraction of sp³-hybridized carbons (Fsp3) is 0.353. The van der Waals surface area contributed by atoms with Crippen LogP contribution in [-0.2, 0) is 12.0 Å². The molecular formula is C17H21NO. The highest BCUT2D eigenvalue weighted by Crippen LogP contribution is 2.24. The Morgan fingerprint density at radius 3 is 2.32 bits per heavy atom. The van der Waals surface area contributed by atoms with E-state index in [1.54, 1.807) is 6.20 Å². The van der Waals surface area contributed by atoms with Gasteiger partial charge in [0.05, 0.1) is 5.69 Å². The van der Waals surface area contributed by atoms with Crippen LogP contribution in [0, 0.1) is 6.92 Å². The molecule has 0 unspecified atom stereocenters. The molecule has 0 saturated heterocycles. The minimum atomic E-state index is 0.177. The summed E-state index contributed by atoms with van der Waals surface area (Å²) in [5.41, 5.74) is 3.64. The van der Waals surface area contributed by atoms with Crippen molar-refractivity contribution in [1.82, 2.24) is 4.98 Å². The topological polar surface area (TPSA) is 22.1 Å². The van der Waals surface area contributed by atoms with Gasteiger partial charge in [0.1, 0.15) is 12.4 Å². The van der Waals surface area contributed by atoms with E-state index in [-0.39, 0.29) is 5.41 Å². The minimum Gasteiger partial charge on any atom is -0.487 e. The third-order valence-electron chi connectivity index (χ3n) is 3.21. The zero-order valence-electron chi connectivity index (χ0n) is 12.1. The predicted molar refractivity (Wildman–Crippen MR) is 78.4 cm³/mol. The fourth-order valence-electron chi connectivity index (χ4n) is 1.87. The van der Waals surface area contributed by atoms with E-state index in [9.17, 15) is 0 Å². The van der Waals surface area contributed by atoms with E-state index in [4.69, 9.17) is 4.74 Å². The fourth-order valence-corrected chi connectivity index (χ4v) is 1.87. The zero-order valence-corrected chi connectivity index (χ0v) is 12.1. The Balaban J connectivity index is 2.03. The molecule has 0 N–H and O–H groups in total. The first-order chi connectivity index (χ1) is 8.97. The van der Waals surface area contributed by atoms with Crippen molar-refractivity contribution >= 4 is 0 Å². The lowest BCUT2D eigenvalue weighted by molar-refractivity contribution is 0.300. The van der Waals surface area contributed by atoms with E-state index in [1.165, 1.54) is 5.56 Å². The number of aryl methyl sites for hydroxylation is 1. The van der Waals surface area contributed by atoms with E-state index in [2.05, 4.69) is 37.9 Å². The molecule has 2 heteroatoms. The van der Waals surface area contributed by atoms with E-state index < -0.39 is 0 Å². The van der Waals surface area contributed by atoms with Crippen molar-refractivity contribution in [3.8, 4) is 5.75 Å². The van der Waals surface area contributed by atoms with Crippen LogP contribution in [0.25, 0.3) is 0 Å². The summed E-state index contributed by atoms with van der Waals surface area (Å²) >= 11 is 0. The molecule has 0 aliphatic heterocycles. The lowest BCUT2D eigenvalue weighted by Gasteiger charge is -2.19. The van der Waals surface area contributed by atoms with Crippen LogP contribution < -0.4 is 4.74 Å². The molecule has 0 radical (unpaired) electrons. The average Bonchev–Trinajstić information content (AvgIpc) is 2.37. The summed E-state index contributed by atoms with van der Waals surface area (Å²) in [6.07, 6.45) is 1.80. The number of hydrogen-bond donors (Lipinski definition) is 0. The van der Waals surface area contributed by atoms with Crippen LogP contribution in [0.1, 0.15) is 37.6 Å². The summed E-state index contributed by atoms with van der Waals surface area (Å²) in [5.74, 6) is 0.887. The van der Waals surface area contributed by atoms with Crippen LogP contribution in [-0.4, -0.2) is 4.98 Å². The van der Waals surface area contributed by atoms with Crippen LogP contribution in [0.15, 0.2) is 42.6 Å². The van der Waals surface area contributed by atoms with Crippen molar-refractivity contribution in [2.45, 2.75) is 39.7 Å². The van der Waals surface area contributed by atoms with E-state index >= 15 is 0 Å². The van der Waals surface area contributed by atoms with Gasteiger partial charge in [0.2, 0.25) is 0 Å². The Morgan fingerprint density at radius 2 is 1.74 bits per heavy atom. The minimum absolute atomic E-state index is 0.177. The molecule has 2 rings (SSSR count). The molecule has 0 aliphatic carbocycles. The van der Waals surface area contributed by atoms with Crippen molar-refractivity contribution in [1.29, 1.82) is 0 Å². The number of nitrogens with zero attached hydrogens (tertiary/aromatic N) is 1. The first-order valence-electron chi connectivity index (χ1n) is 6.60. The van der Waals surface area contributed by atoms with Gasteiger partial charge in [0.25, 0.3) is 0 Å². The SMILES string of the molecule is Cc1cccnc1COc1ccc(C(C)(C)C)cc1. The summed E-state index contributed by atoms with van der Waals surface area (Å²) in [7, 11) is 0. The predicted octanol–water partition coefficient (Wildman–Crippen LogP) is 4.27. The Bertz CT molecular complexity index is 538. The van der Waals surface area contributed by atoms with Crippen molar-refractivity contribution in [3.63, 3.8) is 0 Å². The van der Waals surface area contributed by atoms with Crippen LogP contribution >= 0.6 is 0 Å². The standard InChI is InChI=1S/C17H21NO/c1-13-6-5-11-18-16(13)12-19-15-9-7-14(8-10-15)17(2,3)4/h5-11H,12H2,1-4H3. The maximum atomic E-state index is 5.78. The summed E-state index contributed by atoms with van der Waals surface area (Å²) in [6.45, 7) is 9.19. The highest BCUT2D eigenvalue weighted by molar-refractivity contribution is 5.31. The molecule has 0 fully saturated rings. The van der Waals surface area contributed by atoms with Crippen molar-refractivity contribution in [2.24, 2.45) is 0 Å². The van der Waals surface area contributed by atoms with Gasteiger partial charge in [0, 0.05) is 6.20 Å². The van der Waals surface area contributed by atoms with Gasteiger partial charge in [-0.3, -0.25) is 4.98 Å². The number of aromatic nitrogens is 1. The summed E-state index contributed by atoms with van der Waals surface area (Å²) < 4.78 is 5.78. The second-order valence-corrected chi connectivity index (χ2v) is 5.83. The van der Waals surface area contributed by atoms with E-state index in [1.807, 2.05) is 31.2 Å². The molecule has 0 spiro atoms. The summed E-state index contributed by atoms with van der Waals surface area (Å²) in [6, 6.07) is 12.3. The highest BCUT2D eigenvalue weighted by atomic mass is 16.5. The molecule has 0 saturated carbocycles. The zero-order chi connectivity index (χ0) is 13.9. The first-order valence-corrected chi connectivity index (χ1v) is 6.60. The number of hydrogen-bond acceptors (Lipinski definition) is 2. The lowest BCUT2D eigenvalue weighted by Crippen LogP contribution is -2.10. The molecule has 1 aromatic carbocycles. The summed E-state index contributed by atoms with van der Waals surface area (Å²) in [5, 5.41) is 0. The first kappa shape index (κ1) is 13.6. The van der Waals surface area contributed by atoms with Gasteiger partial charge in [-0.25, -0.2) is 0 Å². The molecule has 1 aromatic heterocycles. The van der Waals surface area contributed by atoms with E-state index in [0.29, 0.717) is 6.61 Å². The lowest BCUT2D eigenvalue weighted by atomic mass is 9.87. The summed E-state index contributed by atoms with van der Waals surface area (Å²) in [4.78, 5) is 4.33. The maximum Gasteiger partial charge on any atom is 0.130 e. The Kier molecular flexibility index (Phi) is 3.89. The number of pyridine rings is 1. The van der Waals surface area contributed by atoms with Crippen LogP contribution in [0.3, 0.4) is 0 Å². The molecule has 19 heavy (non-hydrogen) atoms. The molecule has 2 aromatic rings. The third kappa shape index (κ3) is 3.57. The molecule has 0 aliphatic rings. The van der Waals surface area contributed by atoms with Gasteiger partial charge in [-0.2, -0.15) is 0 Å². The normalized spacial score (nSPS) is 11.4. The van der Waals surface area contributed by atoms with Gasteiger partial charge in [-0.1, -0.05) is 39.0 Å². The number of ether oxygens (including phenoxy) is 1. The number of benzene rings is 1. The smallest absolute Gasteiger partial charge is 0.130 e. The second-order valence-electron chi connectivity index (χ2n) is 5.83. The third-order valence-corrected chi connectivity index (χ3v) is 3.21. The molecule has 0 bridgehead atoms. The van der Waals surface area contributed by atoms with Crippen LogP contribution in [0.2, 0.25) is 0 Å². The molecule has 1 heterocycles. The van der Waals surface area contributed by atoms with Crippen molar-refractivity contribution in [3.05, 3.63) is 59.4 Å². The van der Waals surface area contributed by atoms with Crippen LogP contribution in [0.5, 0.6) is 5.75 Å². The maximum absolute atomic E-state index is 5.78. The Labute approximate surface area is 115 Å². The molecular weight excluding hydrogens is 234 g/mol. The monoisotopic (exact) mass is 255 g/mol. The quantitative estimate of drug-likeness (QED) is 0.817. The number of rotatable bonds is 3. The largest absolute Gasteiger partial charge is 0.487 e. The van der Waals surface area contributed by atoms with E-state index in [0.717, 1.165) is 17.0 Å². The van der Waals surface area contributed by atoms with Crippen molar-refractivity contribution in [2.75, 3.05) is 0 Å². The van der Waals surface area contributed by atoms with Crippen LogP contribution in [0.4, 0.5) is 0 Å².